The highest BCUT2D eigenvalue weighted by Gasteiger charge is 2.20. The van der Waals surface area contributed by atoms with E-state index >= 15 is 0 Å². The number of benzene rings is 3. The zero-order valence-corrected chi connectivity index (χ0v) is 16.2. The number of ether oxygens (including phenoxy) is 1. The number of methoxy groups -OCH3 is 1. The topological polar surface area (TPSA) is 72.5 Å². The van der Waals surface area contributed by atoms with Crippen LogP contribution in [0.3, 0.4) is 0 Å². The van der Waals surface area contributed by atoms with Crippen LogP contribution in [0.1, 0.15) is 44.7 Å². The SMILES string of the molecule is COC(=O)c1ccccc1NC(=O)C(C)c1cccc(C(=O)c2ccccc2)c1. The molecule has 1 N–H and O–H groups in total. The van der Waals surface area contributed by atoms with Crippen molar-refractivity contribution < 1.29 is 19.1 Å². The van der Waals surface area contributed by atoms with Gasteiger partial charge < -0.3 is 10.1 Å². The summed E-state index contributed by atoms with van der Waals surface area (Å²) in [5, 5.41) is 2.78. The summed E-state index contributed by atoms with van der Waals surface area (Å²) in [7, 11) is 1.29. The van der Waals surface area contributed by atoms with Crippen LogP contribution in [0.5, 0.6) is 0 Å². The number of para-hydroxylation sites is 1. The van der Waals surface area contributed by atoms with Crippen LogP contribution in [-0.4, -0.2) is 24.8 Å². The molecule has 0 bridgehead atoms. The first kappa shape index (κ1) is 20.0. The minimum atomic E-state index is -0.524. The van der Waals surface area contributed by atoms with Crippen molar-refractivity contribution in [1.82, 2.24) is 0 Å². The molecule has 5 nitrogen and oxygen atoms in total. The van der Waals surface area contributed by atoms with Gasteiger partial charge in [-0.15, -0.1) is 0 Å². The standard InChI is InChI=1S/C24H21NO4/c1-16(23(27)25-21-14-7-6-13-20(21)24(28)29-2)18-11-8-12-19(15-18)22(26)17-9-4-3-5-10-17/h3-16H,1-2H3,(H,25,27). The van der Waals surface area contributed by atoms with Crippen LogP contribution in [0.2, 0.25) is 0 Å². The number of carbonyl (C=O) groups is 3. The van der Waals surface area contributed by atoms with E-state index in [-0.39, 0.29) is 17.3 Å². The quantitative estimate of drug-likeness (QED) is 0.501. The smallest absolute Gasteiger partial charge is 0.339 e. The van der Waals surface area contributed by atoms with E-state index in [1.807, 2.05) is 18.2 Å². The van der Waals surface area contributed by atoms with Crippen LogP contribution in [0.15, 0.2) is 78.9 Å². The van der Waals surface area contributed by atoms with Crippen LogP contribution >= 0.6 is 0 Å². The number of carbonyl (C=O) groups excluding carboxylic acids is 3. The van der Waals surface area contributed by atoms with Gasteiger partial charge >= 0.3 is 5.97 Å². The molecule has 5 heteroatoms. The highest BCUT2D eigenvalue weighted by Crippen LogP contribution is 2.22. The maximum atomic E-state index is 12.8. The normalized spacial score (nSPS) is 11.4. The Hall–Kier alpha value is -3.73. The first-order valence-corrected chi connectivity index (χ1v) is 9.19. The molecule has 0 spiro atoms. The molecule has 0 aromatic heterocycles. The van der Waals surface area contributed by atoms with E-state index in [1.165, 1.54) is 7.11 Å². The lowest BCUT2D eigenvalue weighted by atomic mass is 9.95. The molecule has 146 valence electrons. The summed E-state index contributed by atoms with van der Waals surface area (Å²) in [5.41, 5.74) is 2.48. The summed E-state index contributed by atoms with van der Waals surface area (Å²) in [6.45, 7) is 1.75. The Bertz CT molecular complexity index is 1040. The molecule has 1 amide bonds. The maximum absolute atomic E-state index is 12.8. The van der Waals surface area contributed by atoms with Crippen LogP contribution in [0.4, 0.5) is 5.69 Å². The van der Waals surface area contributed by atoms with Gasteiger partial charge in [-0.05, 0) is 30.7 Å². The third-order valence-electron chi connectivity index (χ3n) is 4.67. The molecule has 0 saturated heterocycles. The molecular formula is C24H21NO4. The number of rotatable bonds is 6. The fraction of sp³-hybridized carbons (Fsp3) is 0.125. The highest BCUT2D eigenvalue weighted by atomic mass is 16.5. The molecule has 3 aromatic rings. The highest BCUT2D eigenvalue weighted by molar-refractivity contribution is 6.09. The van der Waals surface area contributed by atoms with E-state index in [9.17, 15) is 14.4 Å². The van der Waals surface area contributed by atoms with Gasteiger partial charge in [0.1, 0.15) is 0 Å². The predicted octanol–water partition coefficient (Wildman–Crippen LogP) is 4.45. The van der Waals surface area contributed by atoms with Gasteiger partial charge in [-0.1, -0.05) is 60.7 Å². The van der Waals surface area contributed by atoms with Crippen molar-refractivity contribution in [3.05, 3.63) is 101 Å². The molecule has 1 atom stereocenters. The van der Waals surface area contributed by atoms with Crippen LogP contribution in [0, 0.1) is 0 Å². The third-order valence-corrected chi connectivity index (χ3v) is 4.67. The summed E-state index contributed by atoms with van der Waals surface area (Å²) in [5.74, 6) is -1.44. The van der Waals surface area contributed by atoms with Gasteiger partial charge in [-0.2, -0.15) is 0 Å². The zero-order chi connectivity index (χ0) is 20.8. The van der Waals surface area contributed by atoms with Crippen LogP contribution < -0.4 is 5.32 Å². The maximum Gasteiger partial charge on any atom is 0.339 e. The zero-order valence-electron chi connectivity index (χ0n) is 16.2. The molecule has 0 fully saturated rings. The number of hydrogen-bond acceptors (Lipinski definition) is 4. The molecule has 0 saturated carbocycles. The number of nitrogens with one attached hydrogen (secondary N) is 1. The predicted molar refractivity (Wildman–Crippen MR) is 111 cm³/mol. The second-order valence-electron chi connectivity index (χ2n) is 6.57. The van der Waals surface area contributed by atoms with Gasteiger partial charge in [0.05, 0.1) is 24.3 Å². The first-order valence-electron chi connectivity index (χ1n) is 9.19. The Kier molecular flexibility index (Phi) is 6.19. The van der Waals surface area contributed by atoms with Crippen molar-refractivity contribution in [3.63, 3.8) is 0 Å². The Morgan fingerprint density at radius 3 is 2.21 bits per heavy atom. The number of anilines is 1. The summed E-state index contributed by atoms with van der Waals surface area (Å²) in [6, 6.07) is 22.7. The van der Waals surface area contributed by atoms with E-state index in [0.29, 0.717) is 22.4 Å². The molecule has 0 radical (unpaired) electrons. The van der Waals surface area contributed by atoms with Gasteiger partial charge in [0.25, 0.3) is 0 Å². The number of ketones is 1. The van der Waals surface area contributed by atoms with Gasteiger partial charge in [-0.25, -0.2) is 4.79 Å². The van der Waals surface area contributed by atoms with Gasteiger partial charge in [-0.3, -0.25) is 9.59 Å². The molecule has 0 heterocycles. The second-order valence-corrected chi connectivity index (χ2v) is 6.57. The molecule has 3 aromatic carbocycles. The molecule has 0 aliphatic carbocycles. The van der Waals surface area contributed by atoms with Gasteiger partial charge in [0, 0.05) is 11.1 Å². The van der Waals surface area contributed by atoms with Crippen molar-refractivity contribution in [1.29, 1.82) is 0 Å². The summed E-state index contributed by atoms with van der Waals surface area (Å²) < 4.78 is 4.76. The molecule has 29 heavy (non-hydrogen) atoms. The van der Waals surface area contributed by atoms with Crippen molar-refractivity contribution in [2.24, 2.45) is 0 Å². The average Bonchev–Trinajstić information content (AvgIpc) is 2.78. The summed E-state index contributed by atoms with van der Waals surface area (Å²) in [4.78, 5) is 37.4. The number of esters is 1. The van der Waals surface area contributed by atoms with Crippen molar-refractivity contribution in [2.45, 2.75) is 12.8 Å². The van der Waals surface area contributed by atoms with Crippen molar-refractivity contribution in [2.75, 3.05) is 12.4 Å². The van der Waals surface area contributed by atoms with Gasteiger partial charge in [0.15, 0.2) is 5.78 Å². The molecule has 0 aliphatic rings. The summed E-state index contributed by atoms with van der Waals surface area (Å²) >= 11 is 0. The average molecular weight is 387 g/mol. The van der Waals surface area contributed by atoms with Crippen LogP contribution in [0.25, 0.3) is 0 Å². The monoisotopic (exact) mass is 387 g/mol. The van der Waals surface area contributed by atoms with Crippen molar-refractivity contribution >= 4 is 23.3 Å². The van der Waals surface area contributed by atoms with Crippen molar-refractivity contribution in [3.8, 4) is 0 Å². The molecule has 0 aliphatic heterocycles. The van der Waals surface area contributed by atoms with Gasteiger partial charge in [0.2, 0.25) is 5.91 Å². The van der Waals surface area contributed by atoms with Crippen LogP contribution in [-0.2, 0) is 9.53 Å². The Morgan fingerprint density at radius 2 is 1.48 bits per heavy atom. The molecule has 1 unspecified atom stereocenters. The van der Waals surface area contributed by atoms with E-state index < -0.39 is 11.9 Å². The fourth-order valence-electron chi connectivity index (χ4n) is 2.98. The lowest BCUT2D eigenvalue weighted by Crippen LogP contribution is -2.21. The lowest BCUT2D eigenvalue weighted by molar-refractivity contribution is -0.117. The molecular weight excluding hydrogens is 366 g/mol. The van der Waals surface area contributed by atoms with E-state index in [0.717, 1.165) is 0 Å². The first-order chi connectivity index (χ1) is 14.0. The Balaban J connectivity index is 1.81. The number of hydrogen-bond donors (Lipinski definition) is 1. The fourth-order valence-corrected chi connectivity index (χ4v) is 2.98. The largest absolute Gasteiger partial charge is 0.465 e. The minimum Gasteiger partial charge on any atom is -0.465 e. The minimum absolute atomic E-state index is 0.101. The van der Waals surface area contributed by atoms with E-state index in [4.69, 9.17) is 4.74 Å². The van der Waals surface area contributed by atoms with E-state index in [2.05, 4.69) is 5.32 Å². The number of amides is 1. The molecule has 3 rings (SSSR count). The second kappa shape index (κ2) is 8.97. The van der Waals surface area contributed by atoms with E-state index in [1.54, 1.807) is 67.6 Å². The third kappa shape index (κ3) is 4.58. The Labute approximate surface area is 169 Å². The summed E-state index contributed by atoms with van der Waals surface area (Å²) in [6.07, 6.45) is 0. The lowest BCUT2D eigenvalue weighted by Gasteiger charge is -2.15. The Morgan fingerprint density at radius 1 is 0.828 bits per heavy atom.